The molecule has 0 fully saturated rings. The number of benzene rings is 1. The molecule has 0 atom stereocenters. The summed E-state index contributed by atoms with van der Waals surface area (Å²) in [5.41, 5.74) is 2.38. The fourth-order valence-corrected chi connectivity index (χ4v) is 2.74. The number of hydrogen-bond donors (Lipinski definition) is 2. The summed E-state index contributed by atoms with van der Waals surface area (Å²) in [7, 11) is 0. The van der Waals surface area contributed by atoms with Crippen molar-refractivity contribution in [3.63, 3.8) is 0 Å². The maximum Gasteiger partial charge on any atom is 0.191 e. The molecule has 6 heteroatoms. The summed E-state index contributed by atoms with van der Waals surface area (Å²) in [6, 6.07) is 12.6. The molecule has 1 heterocycles. The summed E-state index contributed by atoms with van der Waals surface area (Å²) >= 11 is 1.75. The van der Waals surface area contributed by atoms with Gasteiger partial charge in [0.15, 0.2) is 5.96 Å². The molecule has 0 bridgehead atoms. The van der Waals surface area contributed by atoms with Crippen LogP contribution in [0.3, 0.4) is 0 Å². The van der Waals surface area contributed by atoms with Crippen LogP contribution in [0, 0.1) is 0 Å². The lowest BCUT2D eigenvalue weighted by molar-refractivity contribution is 0.0657. The predicted octanol–water partition coefficient (Wildman–Crippen LogP) is 4.55. The van der Waals surface area contributed by atoms with Crippen LogP contribution < -0.4 is 10.6 Å². The van der Waals surface area contributed by atoms with Gasteiger partial charge in [0.1, 0.15) is 0 Å². The van der Waals surface area contributed by atoms with Crippen LogP contribution >= 0.6 is 35.3 Å². The first-order valence-corrected chi connectivity index (χ1v) is 9.29. The van der Waals surface area contributed by atoms with Crippen molar-refractivity contribution < 1.29 is 4.74 Å². The Kier molecular flexibility index (Phi) is 10.8. The minimum absolute atomic E-state index is 0. The van der Waals surface area contributed by atoms with Gasteiger partial charge in [-0.05, 0) is 43.3 Å². The second-order valence-corrected chi connectivity index (χ2v) is 6.84. The van der Waals surface area contributed by atoms with E-state index in [1.807, 2.05) is 0 Å². The number of nitrogens with one attached hydrogen (secondary N) is 2. The van der Waals surface area contributed by atoms with Gasteiger partial charge in [0.05, 0.1) is 25.8 Å². The first-order valence-electron chi connectivity index (χ1n) is 8.41. The number of guanidine groups is 1. The Bertz CT molecular complexity index is 612. The van der Waals surface area contributed by atoms with Gasteiger partial charge in [-0.1, -0.05) is 30.3 Å². The predicted molar refractivity (Wildman–Crippen MR) is 118 cm³/mol. The van der Waals surface area contributed by atoms with E-state index >= 15 is 0 Å². The molecule has 0 radical (unpaired) electrons. The first-order chi connectivity index (χ1) is 11.7. The van der Waals surface area contributed by atoms with Crippen LogP contribution in [0.5, 0.6) is 0 Å². The molecule has 0 aliphatic heterocycles. The van der Waals surface area contributed by atoms with Crippen molar-refractivity contribution in [3.8, 4) is 0 Å². The van der Waals surface area contributed by atoms with Gasteiger partial charge in [0, 0.05) is 11.4 Å². The van der Waals surface area contributed by atoms with Gasteiger partial charge >= 0.3 is 0 Å². The fourth-order valence-electron chi connectivity index (χ4n) is 2.10. The highest BCUT2D eigenvalue weighted by Crippen LogP contribution is 2.09. The Morgan fingerprint density at radius 1 is 1.12 bits per heavy atom. The summed E-state index contributed by atoms with van der Waals surface area (Å²) in [5, 5.41) is 8.74. The number of halogens is 1. The summed E-state index contributed by atoms with van der Waals surface area (Å²) in [6.45, 7) is 9.14. The minimum Gasteiger partial charge on any atom is -0.374 e. The molecule has 1 aromatic carbocycles. The number of ether oxygens (including phenoxy) is 1. The Morgan fingerprint density at radius 3 is 2.44 bits per heavy atom. The summed E-state index contributed by atoms with van der Waals surface area (Å²) in [5.74, 6) is 0.845. The lowest BCUT2D eigenvalue weighted by atomic mass is 10.1. The van der Waals surface area contributed by atoms with Gasteiger partial charge in [0.25, 0.3) is 0 Å². The molecule has 4 nitrogen and oxygen atoms in total. The number of rotatable bonds is 8. The monoisotopic (exact) mass is 473 g/mol. The molecule has 2 N–H and O–H groups in total. The van der Waals surface area contributed by atoms with Crippen LogP contribution in [0.4, 0.5) is 0 Å². The molecular weight excluding hydrogens is 445 g/mol. The van der Waals surface area contributed by atoms with E-state index in [9.17, 15) is 0 Å². The summed E-state index contributed by atoms with van der Waals surface area (Å²) in [4.78, 5) is 5.96. The largest absolute Gasteiger partial charge is 0.374 e. The minimum atomic E-state index is 0. The topological polar surface area (TPSA) is 45.7 Å². The molecule has 0 spiro atoms. The number of thiophene rings is 1. The standard InChI is InChI=1S/C19H27N3OS.HI/c1-4-20-19(22-13-18-6-5-11-24-18)21-12-16-7-9-17(10-8-16)14-23-15(2)3;/h5-11,15H,4,12-14H2,1-3H3,(H2,20,21,22);1H. The zero-order chi connectivity index (χ0) is 17.2. The molecule has 1 aromatic heterocycles. The van der Waals surface area contributed by atoms with E-state index in [-0.39, 0.29) is 30.1 Å². The van der Waals surface area contributed by atoms with E-state index in [2.05, 4.69) is 78.2 Å². The van der Waals surface area contributed by atoms with Gasteiger partial charge in [-0.25, -0.2) is 4.99 Å². The second-order valence-electron chi connectivity index (χ2n) is 5.80. The van der Waals surface area contributed by atoms with Gasteiger partial charge in [-0.15, -0.1) is 35.3 Å². The summed E-state index contributed by atoms with van der Waals surface area (Å²) < 4.78 is 5.62. The smallest absolute Gasteiger partial charge is 0.191 e. The van der Waals surface area contributed by atoms with Crippen molar-refractivity contribution in [1.82, 2.24) is 10.6 Å². The van der Waals surface area contributed by atoms with Crippen molar-refractivity contribution >= 4 is 41.3 Å². The molecule has 0 saturated heterocycles. The van der Waals surface area contributed by atoms with Gasteiger partial charge in [-0.2, -0.15) is 0 Å². The van der Waals surface area contributed by atoms with Gasteiger partial charge in [-0.3, -0.25) is 0 Å². The van der Waals surface area contributed by atoms with Gasteiger partial charge < -0.3 is 15.4 Å². The fraction of sp³-hybridized carbons (Fsp3) is 0.421. The van der Waals surface area contributed by atoms with Crippen molar-refractivity contribution in [1.29, 1.82) is 0 Å². The third kappa shape index (κ3) is 8.69. The van der Waals surface area contributed by atoms with E-state index < -0.39 is 0 Å². The molecule has 25 heavy (non-hydrogen) atoms. The molecule has 0 amide bonds. The molecule has 0 unspecified atom stereocenters. The molecule has 2 aromatic rings. The lowest BCUT2D eigenvalue weighted by Gasteiger charge is -2.11. The van der Waals surface area contributed by atoms with E-state index in [0.717, 1.165) is 19.0 Å². The average molecular weight is 473 g/mol. The maximum absolute atomic E-state index is 5.62. The zero-order valence-electron chi connectivity index (χ0n) is 15.1. The molecule has 0 aliphatic rings. The third-order valence-electron chi connectivity index (χ3n) is 3.38. The molecule has 0 aliphatic carbocycles. The Balaban J connectivity index is 0.00000312. The summed E-state index contributed by atoms with van der Waals surface area (Å²) in [6.07, 6.45) is 0.256. The zero-order valence-corrected chi connectivity index (χ0v) is 18.3. The van der Waals surface area contributed by atoms with E-state index in [1.54, 1.807) is 11.3 Å². The van der Waals surface area contributed by atoms with Crippen LogP contribution in [0.2, 0.25) is 0 Å². The highest BCUT2D eigenvalue weighted by molar-refractivity contribution is 14.0. The van der Waals surface area contributed by atoms with Crippen LogP contribution in [0.15, 0.2) is 46.8 Å². The van der Waals surface area contributed by atoms with Crippen molar-refractivity contribution in [2.24, 2.45) is 4.99 Å². The highest BCUT2D eigenvalue weighted by Gasteiger charge is 2.00. The Hall–Kier alpha value is -1.12. The Morgan fingerprint density at radius 2 is 1.84 bits per heavy atom. The number of aliphatic imine (C=N–C) groups is 1. The molecule has 2 rings (SSSR count). The van der Waals surface area contributed by atoms with Crippen molar-refractivity contribution in [2.45, 2.75) is 46.6 Å². The maximum atomic E-state index is 5.62. The SMILES string of the molecule is CCNC(=NCc1ccc(COC(C)C)cc1)NCc1cccs1.I. The Labute approximate surface area is 172 Å². The van der Waals surface area contributed by atoms with E-state index in [4.69, 9.17) is 4.74 Å². The average Bonchev–Trinajstić information content (AvgIpc) is 3.10. The highest BCUT2D eigenvalue weighted by atomic mass is 127. The number of hydrogen-bond acceptors (Lipinski definition) is 3. The van der Waals surface area contributed by atoms with E-state index in [1.165, 1.54) is 16.0 Å². The van der Waals surface area contributed by atoms with Crippen LogP contribution in [0.1, 0.15) is 36.8 Å². The van der Waals surface area contributed by atoms with Gasteiger partial charge in [0.2, 0.25) is 0 Å². The second kappa shape index (κ2) is 12.3. The quantitative estimate of drug-likeness (QED) is 0.336. The van der Waals surface area contributed by atoms with Crippen LogP contribution in [-0.4, -0.2) is 18.6 Å². The van der Waals surface area contributed by atoms with Crippen molar-refractivity contribution in [3.05, 3.63) is 57.8 Å². The lowest BCUT2D eigenvalue weighted by Crippen LogP contribution is -2.36. The molecular formula is C19H28IN3OS. The van der Waals surface area contributed by atoms with Crippen LogP contribution in [-0.2, 0) is 24.4 Å². The molecule has 138 valence electrons. The normalized spacial score (nSPS) is 11.3. The number of nitrogens with zero attached hydrogens (tertiary/aromatic N) is 1. The third-order valence-corrected chi connectivity index (χ3v) is 4.26. The first kappa shape index (κ1) is 21.9. The van der Waals surface area contributed by atoms with Crippen LogP contribution in [0.25, 0.3) is 0 Å². The van der Waals surface area contributed by atoms with E-state index in [0.29, 0.717) is 13.2 Å². The van der Waals surface area contributed by atoms with Crippen molar-refractivity contribution in [2.75, 3.05) is 6.54 Å². The molecule has 0 saturated carbocycles.